The highest BCUT2D eigenvalue weighted by Gasteiger charge is 2.46. The van der Waals surface area contributed by atoms with Gasteiger partial charge in [0.25, 0.3) is 0 Å². The number of halogens is 2. The Kier molecular flexibility index (Phi) is 8.90. The van der Waals surface area contributed by atoms with Crippen LogP contribution in [0.15, 0.2) is 107 Å². The number of rotatable bonds is 8. The maximum atomic E-state index is 14.3. The first-order valence-corrected chi connectivity index (χ1v) is 15.9. The lowest BCUT2D eigenvalue weighted by atomic mass is 9.88. The molecule has 10 heteroatoms. The van der Waals surface area contributed by atoms with Crippen molar-refractivity contribution in [3.8, 4) is 0 Å². The van der Waals surface area contributed by atoms with Crippen LogP contribution in [-0.4, -0.2) is 71.0 Å². The Labute approximate surface area is 282 Å². The Morgan fingerprint density at radius 3 is 1.32 bits per heavy atom. The molecule has 4 aromatic rings. The summed E-state index contributed by atoms with van der Waals surface area (Å²) in [6, 6.07) is 27.2. The zero-order valence-electron chi connectivity index (χ0n) is 25.7. The van der Waals surface area contributed by atoms with Crippen LogP contribution in [0.3, 0.4) is 0 Å². The molecule has 236 valence electrons. The van der Waals surface area contributed by atoms with E-state index in [2.05, 4.69) is 9.98 Å². The van der Waals surface area contributed by atoms with Gasteiger partial charge in [-0.05, 0) is 62.4 Å². The third kappa shape index (κ3) is 6.14. The topological polar surface area (TPSA) is 99.5 Å². The number of carbonyl (C=O) groups excluding carboxylic acids is 4. The molecule has 6 rings (SSSR count). The summed E-state index contributed by atoms with van der Waals surface area (Å²) in [6.45, 7) is 4.33. The van der Waals surface area contributed by atoms with E-state index in [-0.39, 0.29) is 24.7 Å². The third-order valence-corrected chi connectivity index (χ3v) is 8.78. The maximum Gasteiger partial charge on any atom is 0.243 e. The number of hydrogen-bond acceptors (Lipinski definition) is 6. The minimum Gasteiger partial charge on any atom is -0.294 e. The van der Waals surface area contributed by atoms with Gasteiger partial charge in [0, 0.05) is 56.5 Å². The van der Waals surface area contributed by atoms with Gasteiger partial charge in [-0.3, -0.25) is 39.0 Å². The number of carbonyl (C=O) groups is 4. The van der Waals surface area contributed by atoms with E-state index in [9.17, 15) is 19.2 Å². The van der Waals surface area contributed by atoms with Gasteiger partial charge in [-0.15, -0.1) is 0 Å². The second-order valence-corrected chi connectivity index (χ2v) is 12.6. The van der Waals surface area contributed by atoms with Gasteiger partial charge >= 0.3 is 0 Å². The first-order chi connectivity index (χ1) is 22.6. The van der Waals surface area contributed by atoms with Crippen LogP contribution >= 0.6 is 23.2 Å². The van der Waals surface area contributed by atoms with Gasteiger partial charge in [0.05, 0.1) is 13.1 Å². The Hall–Kier alpha value is -4.92. The van der Waals surface area contributed by atoms with Gasteiger partial charge in [-0.25, -0.2) is 0 Å². The fourth-order valence-corrected chi connectivity index (χ4v) is 6.03. The van der Waals surface area contributed by atoms with E-state index in [0.29, 0.717) is 68.2 Å². The molecule has 0 radical (unpaired) electrons. The average Bonchev–Trinajstić information content (AvgIpc) is 3.78. The Morgan fingerprint density at radius 2 is 0.936 bits per heavy atom. The average molecular weight is 666 g/mol. The van der Waals surface area contributed by atoms with Crippen molar-refractivity contribution >= 4 is 58.3 Å². The maximum absolute atomic E-state index is 14.3. The second-order valence-electron chi connectivity index (χ2n) is 11.7. The normalized spacial score (nSPS) is 14.6. The van der Waals surface area contributed by atoms with E-state index in [1.807, 2.05) is 0 Å². The Bertz CT molecular complexity index is 1830. The molecule has 0 saturated heterocycles. The van der Waals surface area contributed by atoms with Crippen LogP contribution in [0, 0.1) is 5.41 Å². The number of aliphatic imine (C=N–C) groups is 2. The minimum atomic E-state index is -1.53. The highest BCUT2D eigenvalue weighted by Crippen LogP contribution is 2.30. The summed E-state index contributed by atoms with van der Waals surface area (Å²) in [5, 5.41) is 1.03. The molecular formula is C37H30Cl2N4O4. The molecule has 0 N–H and O–H groups in total. The van der Waals surface area contributed by atoms with E-state index in [1.54, 1.807) is 111 Å². The predicted molar refractivity (Wildman–Crippen MR) is 183 cm³/mol. The van der Waals surface area contributed by atoms with Gasteiger partial charge in [-0.1, -0.05) is 71.7 Å². The molecule has 0 saturated carbocycles. The van der Waals surface area contributed by atoms with Crippen LogP contribution < -0.4 is 0 Å². The zero-order valence-corrected chi connectivity index (χ0v) is 27.3. The lowest BCUT2D eigenvalue weighted by Gasteiger charge is -2.33. The van der Waals surface area contributed by atoms with Crippen LogP contribution in [0.1, 0.15) is 56.8 Å². The van der Waals surface area contributed by atoms with Gasteiger partial charge in [-0.2, -0.15) is 0 Å². The molecule has 2 amide bonds. The number of hydrogen-bond donors (Lipinski definition) is 0. The largest absolute Gasteiger partial charge is 0.294 e. The highest BCUT2D eigenvalue weighted by molar-refractivity contribution is 6.31. The van der Waals surface area contributed by atoms with Crippen molar-refractivity contribution in [1.82, 2.24) is 9.80 Å². The lowest BCUT2D eigenvalue weighted by molar-refractivity contribution is -0.148. The summed E-state index contributed by atoms with van der Waals surface area (Å²) >= 11 is 12.1. The summed E-state index contributed by atoms with van der Waals surface area (Å²) in [5.74, 6) is -0.710. The van der Waals surface area contributed by atoms with Crippen molar-refractivity contribution in [2.24, 2.45) is 15.4 Å². The van der Waals surface area contributed by atoms with Crippen molar-refractivity contribution in [2.45, 2.75) is 13.8 Å². The molecule has 0 unspecified atom stereocenters. The Balaban J connectivity index is 1.27. The number of amides is 2. The predicted octanol–water partition coefficient (Wildman–Crippen LogP) is 6.36. The molecule has 4 aromatic carbocycles. The molecule has 8 nitrogen and oxygen atoms in total. The van der Waals surface area contributed by atoms with Gasteiger partial charge in [0.2, 0.25) is 11.8 Å². The van der Waals surface area contributed by atoms with Crippen LogP contribution in [0.25, 0.3) is 0 Å². The van der Waals surface area contributed by atoms with E-state index >= 15 is 0 Å². The molecule has 0 aliphatic carbocycles. The molecule has 0 atom stereocenters. The zero-order chi connectivity index (χ0) is 33.3. The summed E-state index contributed by atoms with van der Waals surface area (Å²) < 4.78 is 0. The van der Waals surface area contributed by atoms with Crippen molar-refractivity contribution in [2.75, 3.05) is 26.2 Å². The summed E-state index contributed by atoms with van der Waals surface area (Å²) in [5.41, 5.74) is 1.13. The van der Waals surface area contributed by atoms with Crippen LogP contribution in [-0.2, 0) is 9.59 Å². The fourth-order valence-electron chi connectivity index (χ4n) is 5.78. The standard InChI is InChI=1S/C37H30Cl2N4O4/c1-37(2,35(46)42-21-19-40-33(42)29-9-5-3-7-27(29)31(44)23-11-15-25(38)16-12-23)36(47)43-22-20-41-34(43)30-10-6-4-8-28(30)32(45)24-13-17-26(39)18-14-24/h3-18H,19-22H2,1-2H3. The van der Waals surface area contributed by atoms with E-state index in [0.717, 1.165) is 0 Å². The van der Waals surface area contributed by atoms with Crippen molar-refractivity contribution < 1.29 is 19.2 Å². The van der Waals surface area contributed by atoms with Gasteiger partial charge in [0.15, 0.2) is 11.6 Å². The molecule has 0 bridgehead atoms. The Morgan fingerprint density at radius 1 is 0.574 bits per heavy atom. The smallest absolute Gasteiger partial charge is 0.243 e. The molecule has 2 heterocycles. The second kappa shape index (κ2) is 13.1. The highest BCUT2D eigenvalue weighted by atomic mass is 35.5. The molecule has 0 spiro atoms. The van der Waals surface area contributed by atoms with Crippen LogP contribution in [0.2, 0.25) is 10.0 Å². The number of ketones is 2. The SMILES string of the molecule is CC(C)(C(=O)N1CCN=C1c1ccccc1C(=O)c1ccc(Cl)cc1)C(=O)N1CCN=C1c1ccccc1C(=O)c1ccc(Cl)cc1. The fraction of sp³-hybridized carbons (Fsp3) is 0.189. The van der Waals surface area contributed by atoms with Crippen molar-refractivity contribution in [3.63, 3.8) is 0 Å². The number of nitrogens with zero attached hydrogens (tertiary/aromatic N) is 4. The van der Waals surface area contributed by atoms with Gasteiger partial charge < -0.3 is 0 Å². The number of benzene rings is 4. The first kappa shape index (κ1) is 32.0. The molecule has 2 aliphatic rings. The monoisotopic (exact) mass is 664 g/mol. The molecule has 0 aromatic heterocycles. The first-order valence-electron chi connectivity index (χ1n) is 15.1. The molecule has 47 heavy (non-hydrogen) atoms. The summed E-state index contributed by atoms with van der Waals surface area (Å²) in [4.78, 5) is 67.8. The van der Waals surface area contributed by atoms with Crippen molar-refractivity contribution in [1.29, 1.82) is 0 Å². The van der Waals surface area contributed by atoms with E-state index in [1.165, 1.54) is 9.80 Å². The summed E-state index contributed by atoms with van der Waals surface area (Å²) in [7, 11) is 0. The quantitative estimate of drug-likeness (QED) is 0.162. The van der Waals surface area contributed by atoms with Crippen LogP contribution in [0.5, 0.6) is 0 Å². The molecule has 0 fully saturated rings. The molecule has 2 aliphatic heterocycles. The van der Waals surface area contributed by atoms with E-state index < -0.39 is 17.2 Å². The minimum absolute atomic E-state index is 0.237. The third-order valence-electron chi connectivity index (χ3n) is 8.28. The lowest BCUT2D eigenvalue weighted by Crippen LogP contribution is -2.53. The van der Waals surface area contributed by atoms with Crippen molar-refractivity contribution in [3.05, 3.63) is 140 Å². The van der Waals surface area contributed by atoms with E-state index in [4.69, 9.17) is 23.2 Å². The number of amidine groups is 2. The molecular weight excluding hydrogens is 635 g/mol. The summed E-state index contributed by atoms with van der Waals surface area (Å²) in [6.07, 6.45) is 0. The van der Waals surface area contributed by atoms with Gasteiger partial charge in [0.1, 0.15) is 17.1 Å². The van der Waals surface area contributed by atoms with Crippen LogP contribution in [0.4, 0.5) is 0 Å².